The number of rotatable bonds is 6. The number of carbonyl (C=O) groups is 1. The van der Waals surface area contributed by atoms with Crippen LogP contribution in [0.1, 0.15) is 18.5 Å². The molecule has 1 aliphatic rings. The highest BCUT2D eigenvalue weighted by Gasteiger charge is 2.20. The van der Waals surface area contributed by atoms with Crippen LogP contribution in [0, 0.1) is 0 Å². The largest absolute Gasteiger partial charge is 0.497 e. The predicted octanol–water partition coefficient (Wildman–Crippen LogP) is -0.204. The number of quaternary nitrogens is 1. The van der Waals surface area contributed by atoms with E-state index >= 15 is 0 Å². The Bertz CT molecular complexity index is 501. The molecule has 0 spiro atoms. The van der Waals surface area contributed by atoms with E-state index in [1.165, 1.54) is 4.90 Å². The van der Waals surface area contributed by atoms with Gasteiger partial charge in [-0.15, -0.1) is 0 Å². The van der Waals surface area contributed by atoms with Crippen molar-refractivity contribution in [2.75, 3.05) is 47.1 Å². The summed E-state index contributed by atoms with van der Waals surface area (Å²) in [6.07, 6.45) is 0. The minimum atomic E-state index is -0.141. The molecule has 0 unspecified atom stereocenters. The van der Waals surface area contributed by atoms with Gasteiger partial charge in [0.2, 0.25) is 0 Å². The first kappa shape index (κ1) is 16.6. The van der Waals surface area contributed by atoms with Gasteiger partial charge in [-0.25, -0.2) is 0 Å². The summed E-state index contributed by atoms with van der Waals surface area (Å²) in [6, 6.07) is 5.45. The summed E-state index contributed by atoms with van der Waals surface area (Å²) in [5.74, 6) is 1.53. The maximum Gasteiger partial charge on any atom is 0.275 e. The standard InChI is InChI=1S/C16H24N2O4/c1-12(14-10-13(20-2)4-5-15(14)21-3)17-16(19)11-18-6-8-22-9-7-18/h4-5,10,12H,6-9,11H2,1-3H3,(H,17,19)/p+1/t12-/m1/s1. The second kappa shape index (κ2) is 8.00. The number of ether oxygens (including phenoxy) is 3. The molecular weight excluding hydrogens is 284 g/mol. The number of hydrogen-bond acceptors (Lipinski definition) is 4. The molecule has 1 amide bonds. The molecule has 0 aromatic heterocycles. The molecule has 0 saturated carbocycles. The Balaban J connectivity index is 1.98. The molecule has 22 heavy (non-hydrogen) atoms. The SMILES string of the molecule is COc1ccc(OC)c([C@@H](C)NC(=O)C[NH+]2CCOCC2)c1. The van der Waals surface area contributed by atoms with Gasteiger partial charge in [0.15, 0.2) is 6.54 Å². The molecule has 1 heterocycles. The lowest BCUT2D eigenvalue weighted by molar-refractivity contribution is -0.900. The van der Waals surface area contributed by atoms with Crippen LogP contribution in [-0.4, -0.2) is 53.0 Å². The predicted molar refractivity (Wildman–Crippen MR) is 82.5 cm³/mol. The molecule has 0 aliphatic carbocycles. The molecule has 1 aliphatic heterocycles. The van der Waals surface area contributed by atoms with Crippen molar-refractivity contribution in [2.45, 2.75) is 13.0 Å². The van der Waals surface area contributed by atoms with Crippen LogP contribution in [0.2, 0.25) is 0 Å². The van der Waals surface area contributed by atoms with Crippen molar-refractivity contribution in [3.63, 3.8) is 0 Å². The van der Waals surface area contributed by atoms with E-state index < -0.39 is 0 Å². The van der Waals surface area contributed by atoms with Gasteiger partial charge in [0.25, 0.3) is 5.91 Å². The first-order chi connectivity index (χ1) is 10.6. The van der Waals surface area contributed by atoms with Crippen LogP contribution in [0.4, 0.5) is 0 Å². The fourth-order valence-corrected chi connectivity index (χ4v) is 2.61. The van der Waals surface area contributed by atoms with Crippen LogP contribution in [0.3, 0.4) is 0 Å². The number of carbonyl (C=O) groups excluding carboxylic acids is 1. The van der Waals surface area contributed by atoms with Gasteiger partial charge in [-0.3, -0.25) is 4.79 Å². The average Bonchev–Trinajstić information content (AvgIpc) is 2.54. The molecule has 1 atom stereocenters. The van der Waals surface area contributed by atoms with Crippen LogP contribution >= 0.6 is 0 Å². The lowest BCUT2D eigenvalue weighted by atomic mass is 10.1. The van der Waals surface area contributed by atoms with E-state index in [4.69, 9.17) is 14.2 Å². The van der Waals surface area contributed by atoms with E-state index in [1.54, 1.807) is 14.2 Å². The van der Waals surface area contributed by atoms with Crippen LogP contribution in [0.15, 0.2) is 18.2 Å². The quantitative estimate of drug-likeness (QED) is 0.764. The molecule has 122 valence electrons. The monoisotopic (exact) mass is 309 g/mol. The highest BCUT2D eigenvalue weighted by molar-refractivity contribution is 5.77. The molecular formula is C16H25N2O4+. The molecule has 2 N–H and O–H groups in total. The molecule has 6 nitrogen and oxygen atoms in total. The summed E-state index contributed by atoms with van der Waals surface area (Å²) in [6.45, 7) is 5.63. The third-order valence-corrected chi connectivity index (χ3v) is 3.89. The van der Waals surface area contributed by atoms with Gasteiger partial charge in [-0.1, -0.05) is 0 Å². The van der Waals surface area contributed by atoms with Crippen LogP contribution in [0.5, 0.6) is 11.5 Å². The summed E-state index contributed by atoms with van der Waals surface area (Å²) >= 11 is 0. The molecule has 6 heteroatoms. The third kappa shape index (κ3) is 4.35. The zero-order valence-electron chi connectivity index (χ0n) is 13.5. The Hall–Kier alpha value is -1.79. The number of benzene rings is 1. The molecule has 2 rings (SSSR count). The average molecular weight is 309 g/mol. The zero-order chi connectivity index (χ0) is 15.9. The minimum Gasteiger partial charge on any atom is -0.497 e. The summed E-state index contributed by atoms with van der Waals surface area (Å²) in [4.78, 5) is 13.5. The van der Waals surface area contributed by atoms with Crippen LogP contribution in [0.25, 0.3) is 0 Å². The van der Waals surface area contributed by atoms with Gasteiger partial charge >= 0.3 is 0 Å². The number of morpholine rings is 1. The topological polar surface area (TPSA) is 61.2 Å². The number of amides is 1. The molecule has 1 saturated heterocycles. The Labute approximate surface area is 131 Å². The molecule has 1 aromatic carbocycles. The van der Waals surface area contributed by atoms with Gasteiger partial charge in [0.1, 0.15) is 24.6 Å². The van der Waals surface area contributed by atoms with Crippen molar-refractivity contribution >= 4 is 5.91 Å². The zero-order valence-corrected chi connectivity index (χ0v) is 13.5. The van der Waals surface area contributed by atoms with Crippen LogP contribution < -0.4 is 19.7 Å². The van der Waals surface area contributed by atoms with Crippen LogP contribution in [-0.2, 0) is 9.53 Å². The van der Waals surface area contributed by atoms with E-state index in [9.17, 15) is 4.79 Å². The smallest absolute Gasteiger partial charge is 0.275 e. The van der Waals surface area contributed by atoms with Crippen molar-refractivity contribution in [3.8, 4) is 11.5 Å². The maximum atomic E-state index is 12.2. The Kier molecular flexibility index (Phi) is 6.03. The second-order valence-corrected chi connectivity index (χ2v) is 5.44. The number of methoxy groups -OCH3 is 2. The number of nitrogens with one attached hydrogen (secondary N) is 2. The number of hydrogen-bond donors (Lipinski definition) is 2. The summed E-state index contributed by atoms with van der Waals surface area (Å²) in [5.41, 5.74) is 0.909. The third-order valence-electron chi connectivity index (χ3n) is 3.89. The first-order valence-electron chi connectivity index (χ1n) is 7.56. The molecule has 1 aromatic rings. The minimum absolute atomic E-state index is 0.0364. The van der Waals surface area contributed by atoms with E-state index in [2.05, 4.69) is 5.32 Å². The first-order valence-corrected chi connectivity index (χ1v) is 7.56. The summed E-state index contributed by atoms with van der Waals surface area (Å²) < 4.78 is 15.9. The Morgan fingerprint density at radius 1 is 1.32 bits per heavy atom. The maximum absolute atomic E-state index is 12.2. The van der Waals surface area contributed by atoms with Gasteiger partial charge in [-0.2, -0.15) is 0 Å². The van der Waals surface area contributed by atoms with Crippen molar-refractivity contribution in [1.82, 2.24) is 5.32 Å². The van der Waals surface area contributed by atoms with E-state index in [1.807, 2.05) is 25.1 Å². The van der Waals surface area contributed by atoms with E-state index in [0.717, 1.165) is 43.4 Å². The molecule has 0 bridgehead atoms. The summed E-state index contributed by atoms with van der Waals surface area (Å²) in [7, 11) is 3.24. The van der Waals surface area contributed by atoms with Gasteiger partial charge < -0.3 is 24.4 Å². The fourth-order valence-electron chi connectivity index (χ4n) is 2.61. The van der Waals surface area contributed by atoms with Crippen molar-refractivity contribution in [2.24, 2.45) is 0 Å². The Morgan fingerprint density at radius 3 is 2.68 bits per heavy atom. The van der Waals surface area contributed by atoms with Gasteiger partial charge in [0.05, 0.1) is 33.5 Å². The van der Waals surface area contributed by atoms with Crippen molar-refractivity contribution in [1.29, 1.82) is 0 Å². The summed E-state index contributed by atoms with van der Waals surface area (Å²) in [5, 5.41) is 3.03. The van der Waals surface area contributed by atoms with Gasteiger partial charge in [0, 0.05) is 5.56 Å². The highest BCUT2D eigenvalue weighted by Crippen LogP contribution is 2.29. The van der Waals surface area contributed by atoms with Gasteiger partial charge in [-0.05, 0) is 25.1 Å². The Morgan fingerprint density at radius 2 is 2.05 bits per heavy atom. The lowest BCUT2D eigenvalue weighted by Crippen LogP contribution is -3.15. The fraction of sp³-hybridized carbons (Fsp3) is 0.562. The normalized spacial score (nSPS) is 16.9. The lowest BCUT2D eigenvalue weighted by Gasteiger charge is -2.24. The van der Waals surface area contributed by atoms with E-state index in [-0.39, 0.29) is 11.9 Å². The van der Waals surface area contributed by atoms with Crippen molar-refractivity contribution in [3.05, 3.63) is 23.8 Å². The molecule has 1 fully saturated rings. The molecule has 0 radical (unpaired) electrons. The highest BCUT2D eigenvalue weighted by atomic mass is 16.5. The second-order valence-electron chi connectivity index (χ2n) is 5.44. The van der Waals surface area contributed by atoms with E-state index in [0.29, 0.717) is 6.54 Å². The van der Waals surface area contributed by atoms with Crippen molar-refractivity contribution < 1.29 is 23.9 Å².